The Morgan fingerprint density at radius 2 is 1.95 bits per heavy atom. The van der Waals surface area contributed by atoms with Crippen molar-refractivity contribution in [2.45, 2.75) is 12.3 Å². The first kappa shape index (κ1) is 14.8. The van der Waals surface area contributed by atoms with E-state index in [2.05, 4.69) is 15.9 Å². The van der Waals surface area contributed by atoms with E-state index >= 15 is 0 Å². The van der Waals surface area contributed by atoms with Gasteiger partial charge in [0, 0.05) is 21.3 Å². The quantitative estimate of drug-likeness (QED) is 0.603. The molecular formula is C15H12BrCl2F. The number of benzene rings is 2. The maximum absolute atomic E-state index is 13.8. The molecule has 2 aromatic carbocycles. The van der Waals surface area contributed by atoms with Crippen molar-refractivity contribution in [3.8, 4) is 0 Å². The van der Waals surface area contributed by atoms with Gasteiger partial charge < -0.3 is 0 Å². The van der Waals surface area contributed by atoms with E-state index in [4.69, 9.17) is 23.2 Å². The van der Waals surface area contributed by atoms with Crippen LogP contribution in [-0.2, 0) is 6.42 Å². The number of hydrogen-bond acceptors (Lipinski definition) is 0. The molecule has 0 amide bonds. The molecule has 0 fully saturated rings. The molecule has 0 spiro atoms. The number of hydrogen-bond donors (Lipinski definition) is 0. The van der Waals surface area contributed by atoms with Crippen LogP contribution in [-0.4, -0.2) is 5.88 Å². The predicted molar refractivity (Wildman–Crippen MR) is 82.7 cm³/mol. The molecule has 19 heavy (non-hydrogen) atoms. The fourth-order valence-corrected chi connectivity index (χ4v) is 2.89. The molecule has 0 radical (unpaired) electrons. The first-order valence-electron chi connectivity index (χ1n) is 5.85. The van der Waals surface area contributed by atoms with Gasteiger partial charge in [0.2, 0.25) is 0 Å². The molecule has 2 aromatic rings. The summed E-state index contributed by atoms with van der Waals surface area (Å²) in [6.07, 6.45) is 0.534. The Hall–Kier alpha value is -0.570. The lowest BCUT2D eigenvalue weighted by Gasteiger charge is -2.15. The monoisotopic (exact) mass is 360 g/mol. The highest BCUT2D eigenvalue weighted by molar-refractivity contribution is 9.10. The van der Waals surface area contributed by atoms with Crippen molar-refractivity contribution >= 4 is 39.1 Å². The maximum atomic E-state index is 13.8. The van der Waals surface area contributed by atoms with Gasteiger partial charge in [-0.05, 0) is 47.9 Å². The van der Waals surface area contributed by atoms with Crippen LogP contribution < -0.4 is 0 Å². The second-order valence-electron chi connectivity index (χ2n) is 4.35. The molecule has 4 heteroatoms. The van der Waals surface area contributed by atoms with Gasteiger partial charge in [0.25, 0.3) is 0 Å². The van der Waals surface area contributed by atoms with E-state index in [0.29, 0.717) is 22.9 Å². The molecule has 0 aliphatic rings. The third kappa shape index (κ3) is 3.95. The number of alkyl halides is 1. The fraction of sp³-hybridized carbons (Fsp3) is 0.200. The van der Waals surface area contributed by atoms with Crippen LogP contribution in [0.2, 0.25) is 5.02 Å². The van der Waals surface area contributed by atoms with Crippen LogP contribution in [0, 0.1) is 5.82 Å². The van der Waals surface area contributed by atoms with Gasteiger partial charge >= 0.3 is 0 Å². The van der Waals surface area contributed by atoms with Crippen molar-refractivity contribution in [1.82, 2.24) is 0 Å². The summed E-state index contributed by atoms with van der Waals surface area (Å²) in [6.45, 7) is 0. The van der Waals surface area contributed by atoms with Gasteiger partial charge in [0.15, 0.2) is 0 Å². The minimum atomic E-state index is -0.241. The van der Waals surface area contributed by atoms with Crippen molar-refractivity contribution in [3.63, 3.8) is 0 Å². The van der Waals surface area contributed by atoms with Crippen LogP contribution in [0.1, 0.15) is 17.0 Å². The van der Waals surface area contributed by atoms with Crippen molar-refractivity contribution in [2.24, 2.45) is 0 Å². The Bertz CT molecular complexity index is 572. The maximum Gasteiger partial charge on any atom is 0.126 e. The van der Waals surface area contributed by atoms with Gasteiger partial charge in [-0.2, -0.15) is 0 Å². The van der Waals surface area contributed by atoms with Crippen molar-refractivity contribution < 1.29 is 4.39 Å². The first-order chi connectivity index (χ1) is 9.10. The largest absolute Gasteiger partial charge is 0.207 e. The molecule has 0 aliphatic carbocycles. The van der Waals surface area contributed by atoms with Gasteiger partial charge in [-0.3, -0.25) is 0 Å². The third-order valence-electron chi connectivity index (χ3n) is 2.98. The second-order valence-corrected chi connectivity index (χ2v) is 6.01. The molecule has 1 unspecified atom stereocenters. The third-order valence-corrected chi connectivity index (χ3v) is 4.08. The van der Waals surface area contributed by atoms with E-state index in [1.165, 1.54) is 6.07 Å². The highest BCUT2D eigenvalue weighted by Gasteiger charge is 2.14. The Morgan fingerprint density at radius 1 is 1.16 bits per heavy atom. The standard InChI is InChI=1S/C15H12BrCl2F/c16-13-3-1-2-10(7-13)12(9-17)6-11-8-14(18)4-5-15(11)19/h1-5,7-8,12H,6,9H2. The van der Waals surface area contributed by atoms with Crippen LogP contribution in [0.15, 0.2) is 46.9 Å². The molecule has 0 saturated heterocycles. The summed E-state index contributed by atoms with van der Waals surface area (Å²) in [7, 11) is 0. The second kappa shape index (κ2) is 6.74. The molecule has 1 atom stereocenters. The predicted octanol–water partition coefficient (Wildman–Crippen LogP) is 5.81. The molecule has 100 valence electrons. The smallest absolute Gasteiger partial charge is 0.126 e. The zero-order valence-electron chi connectivity index (χ0n) is 10.0. The lowest BCUT2D eigenvalue weighted by molar-refractivity contribution is 0.598. The van der Waals surface area contributed by atoms with Gasteiger partial charge in [0.1, 0.15) is 5.82 Å². The van der Waals surface area contributed by atoms with Gasteiger partial charge in [0.05, 0.1) is 0 Å². The SMILES string of the molecule is Fc1ccc(Cl)cc1CC(CCl)c1cccc(Br)c1. The number of halogens is 4. The van der Waals surface area contributed by atoms with E-state index < -0.39 is 0 Å². The van der Waals surface area contributed by atoms with E-state index in [0.717, 1.165) is 10.0 Å². The minimum Gasteiger partial charge on any atom is -0.207 e. The molecule has 0 aromatic heterocycles. The van der Waals surface area contributed by atoms with E-state index in [1.807, 2.05) is 24.3 Å². The van der Waals surface area contributed by atoms with Crippen LogP contribution in [0.25, 0.3) is 0 Å². The molecule has 0 heterocycles. The van der Waals surface area contributed by atoms with Crippen LogP contribution in [0.5, 0.6) is 0 Å². The van der Waals surface area contributed by atoms with Gasteiger partial charge in [-0.25, -0.2) is 4.39 Å². The average Bonchev–Trinajstić information content (AvgIpc) is 2.39. The van der Waals surface area contributed by atoms with Crippen LogP contribution >= 0.6 is 39.1 Å². The van der Waals surface area contributed by atoms with E-state index in [9.17, 15) is 4.39 Å². The molecule has 0 nitrogen and oxygen atoms in total. The van der Waals surface area contributed by atoms with E-state index in [1.54, 1.807) is 12.1 Å². The van der Waals surface area contributed by atoms with Gasteiger partial charge in [-0.1, -0.05) is 39.7 Å². The van der Waals surface area contributed by atoms with Crippen LogP contribution in [0.3, 0.4) is 0 Å². The summed E-state index contributed by atoms with van der Waals surface area (Å²) in [4.78, 5) is 0. The van der Waals surface area contributed by atoms with Crippen molar-refractivity contribution in [1.29, 1.82) is 0 Å². The van der Waals surface area contributed by atoms with Crippen LogP contribution in [0.4, 0.5) is 4.39 Å². The normalized spacial score (nSPS) is 12.4. The van der Waals surface area contributed by atoms with E-state index in [-0.39, 0.29) is 11.7 Å². The zero-order valence-corrected chi connectivity index (χ0v) is 13.1. The van der Waals surface area contributed by atoms with Crippen molar-refractivity contribution in [2.75, 3.05) is 5.88 Å². The Labute approximate surface area is 130 Å². The average molecular weight is 362 g/mol. The van der Waals surface area contributed by atoms with Crippen molar-refractivity contribution in [3.05, 3.63) is 68.9 Å². The molecular weight excluding hydrogens is 350 g/mol. The molecule has 0 saturated carbocycles. The molecule has 0 aliphatic heterocycles. The topological polar surface area (TPSA) is 0 Å². The van der Waals surface area contributed by atoms with Gasteiger partial charge in [-0.15, -0.1) is 11.6 Å². The summed E-state index contributed by atoms with van der Waals surface area (Å²) < 4.78 is 14.7. The zero-order chi connectivity index (χ0) is 13.8. The first-order valence-corrected chi connectivity index (χ1v) is 7.56. The fourth-order valence-electron chi connectivity index (χ4n) is 1.99. The molecule has 0 bridgehead atoms. The summed E-state index contributed by atoms with van der Waals surface area (Å²) in [5.74, 6) is 0.254. The molecule has 2 rings (SSSR count). The highest BCUT2D eigenvalue weighted by Crippen LogP contribution is 2.27. The lowest BCUT2D eigenvalue weighted by Crippen LogP contribution is -2.06. The highest BCUT2D eigenvalue weighted by atomic mass is 79.9. The molecule has 0 N–H and O–H groups in total. The Kier molecular flexibility index (Phi) is 5.26. The minimum absolute atomic E-state index is 0.0622. The Balaban J connectivity index is 2.26. The summed E-state index contributed by atoms with van der Waals surface area (Å²) in [6, 6.07) is 12.5. The number of rotatable bonds is 4. The Morgan fingerprint density at radius 3 is 2.63 bits per heavy atom. The summed E-state index contributed by atoms with van der Waals surface area (Å²) in [5.41, 5.74) is 1.68. The summed E-state index contributed by atoms with van der Waals surface area (Å²) in [5, 5.41) is 0.541. The lowest BCUT2D eigenvalue weighted by atomic mass is 9.93. The summed E-state index contributed by atoms with van der Waals surface area (Å²) >= 11 is 15.4.